The van der Waals surface area contributed by atoms with Gasteiger partial charge in [0.15, 0.2) is 0 Å². The highest BCUT2D eigenvalue weighted by molar-refractivity contribution is 5.94. The lowest BCUT2D eigenvalue weighted by Gasteiger charge is -2.32. The van der Waals surface area contributed by atoms with Gasteiger partial charge in [-0.1, -0.05) is 30.4 Å². The number of rotatable bonds is 7. The molecule has 2 heterocycles. The van der Waals surface area contributed by atoms with Crippen molar-refractivity contribution in [1.29, 1.82) is 0 Å². The van der Waals surface area contributed by atoms with E-state index < -0.39 is 23.5 Å². The summed E-state index contributed by atoms with van der Waals surface area (Å²) < 4.78 is 81.8. The largest absolute Gasteiger partial charge is 0.430 e. The molecule has 0 bridgehead atoms. The molecule has 5 nitrogen and oxygen atoms in total. The number of halogens is 6. The summed E-state index contributed by atoms with van der Waals surface area (Å²) in [6.07, 6.45) is -4.06. The van der Waals surface area contributed by atoms with Gasteiger partial charge in [0.05, 0.1) is 0 Å². The molecular formula is C28H27F6N3O2. The fraction of sp³-hybridized carbons (Fsp3) is 0.321. The van der Waals surface area contributed by atoms with Gasteiger partial charge in [-0.15, -0.1) is 0 Å². The quantitative estimate of drug-likeness (QED) is 0.380. The Labute approximate surface area is 221 Å². The molecule has 39 heavy (non-hydrogen) atoms. The van der Waals surface area contributed by atoms with Crippen LogP contribution < -0.4 is 0 Å². The summed E-state index contributed by atoms with van der Waals surface area (Å²) in [5.74, 6) is -0.175. The van der Waals surface area contributed by atoms with Gasteiger partial charge in [0, 0.05) is 61.0 Å². The number of fused-ring (bicyclic) bond motifs is 1. The van der Waals surface area contributed by atoms with Gasteiger partial charge in [0.2, 0.25) is 0 Å². The number of aryl methyl sites for hydroxylation is 1. The summed E-state index contributed by atoms with van der Waals surface area (Å²) in [4.78, 5) is 16.7. The van der Waals surface area contributed by atoms with Crippen molar-refractivity contribution in [2.24, 2.45) is 0 Å². The summed E-state index contributed by atoms with van der Waals surface area (Å²) in [6.45, 7) is 3.84. The zero-order valence-electron chi connectivity index (χ0n) is 21.2. The van der Waals surface area contributed by atoms with Crippen molar-refractivity contribution < 1.29 is 36.2 Å². The lowest BCUT2D eigenvalue weighted by Crippen LogP contribution is -2.53. The molecule has 0 spiro atoms. The van der Waals surface area contributed by atoms with E-state index in [0.29, 0.717) is 42.0 Å². The van der Waals surface area contributed by atoms with E-state index in [9.17, 15) is 36.2 Å². The van der Waals surface area contributed by atoms with Crippen LogP contribution in [0.25, 0.3) is 10.9 Å². The molecule has 0 saturated heterocycles. The van der Waals surface area contributed by atoms with E-state index in [-0.39, 0.29) is 17.8 Å². The van der Waals surface area contributed by atoms with Gasteiger partial charge in [0.1, 0.15) is 0 Å². The number of aromatic nitrogens is 1. The number of hydrogen-bond donors (Lipinski definition) is 1. The minimum atomic E-state index is -5.96. The molecule has 1 aliphatic heterocycles. The Morgan fingerprint density at radius 1 is 1.00 bits per heavy atom. The van der Waals surface area contributed by atoms with E-state index in [4.69, 9.17) is 0 Å². The van der Waals surface area contributed by atoms with Crippen LogP contribution in [0.15, 0.2) is 73.0 Å². The minimum Gasteiger partial charge on any atom is -0.372 e. The van der Waals surface area contributed by atoms with Gasteiger partial charge in [-0.25, -0.2) is 0 Å². The lowest BCUT2D eigenvalue weighted by atomic mass is 9.91. The number of carbonyl (C=O) groups is 1. The van der Waals surface area contributed by atoms with E-state index in [0.717, 1.165) is 18.2 Å². The highest BCUT2D eigenvalue weighted by Crippen LogP contribution is 2.50. The van der Waals surface area contributed by atoms with E-state index in [1.807, 2.05) is 24.4 Å². The summed E-state index contributed by atoms with van der Waals surface area (Å²) in [6, 6.07) is 10.9. The summed E-state index contributed by atoms with van der Waals surface area (Å²) in [5, 5.41) is 9.88. The van der Waals surface area contributed by atoms with Gasteiger partial charge >= 0.3 is 12.4 Å². The van der Waals surface area contributed by atoms with Gasteiger partial charge < -0.3 is 19.5 Å². The van der Waals surface area contributed by atoms with Crippen LogP contribution in [0.1, 0.15) is 27.2 Å². The van der Waals surface area contributed by atoms with E-state index >= 15 is 0 Å². The topological polar surface area (TPSA) is 48.7 Å². The van der Waals surface area contributed by atoms with Crippen molar-refractivity contribution in [3.8, 4) is 0 Å². The van der Waals surface area contributed by atoms with Crippen molar-refractivity contribution in [3.05, 3.63) is 95.3 Å². The molecule has 208 valence electrons. The second-order valence-corrected chi connectivity index (χ2v) is 9.54. The highest BCUT2D eigenvalue weighted by Gasteiger charge is 2.71. The molecule has 0 aliphatic carbocycles. The van der Waals surface area contributed by atoms with Crippen LogP contribution in [-0.4, -0.2) is 64.4 Å². The Balaban J connectivity index is 1.56. The van der Waals surface area contributed by atoms with Crippen LogP contribution in [0.5, 0.6) is 0 Å². The third kappa shape index (κ3) is 5.54. The average molecular weight is 552 g/mol. The lowest BCUT2D eigenvalue weighted by molar-refractivity contribution is -0.376. The second-order valence-electron chi connectivity index (χ2n) is 9.54. The number of alkyl halides is 6. The van der Waals surface area contributed by atoms with Crippen LogP contribution in [0, 0.1) is 6.92 Å². The molecule has 1 N–H and O–H groups in total. The predicted molar refractivity (Wildman–Crippen MR) is 135 cm³/mol. The van der Waals surface area contributed by atoms with Crippen LogP contribution >= 0.6 is 0 Å². The van der Waals surface area contributed by atoms with E-state index in [1.165, 1.54) is 6.07 Å². The molecule has 0 radical (unpaired) electrons. The summed E-state index contributed by atoms with van der Waals surface area (Å²) >= 11 is 0. The van der Waals surface area contributed by atoms with Crippen LogP contribution in [0.4, 0.5) is 26.3 Å². The Morgan fingerprint density at radius 2 is 1.72 bits per heavy atom. The molecule has 1 aromatic heterocycles. The molecule has 0 unspecified atom stereocenters. The molecule has 1 aliphatic rings. The van der Waals surface area contributed by atoms with Crippen molar-refractivity contribution >= 4 is 16.8 Å². The molecule has 0 atom stereocenters. The molecule has 0 fully saturated rings. The standard InChI is InChI=1S/C28H27F6N3O2/c1-19-15-22-17-23(26(39,27(29,30)31)28(32,33)34)9-10-24(22)37(19)18-20-7-6-8-21(16-20)25(38)35(2)13-14-36-11-4-3-5-12-36/h3-11,15-17,39H,12-14,18H2,1-2H3. The number of aliphatic hydroxyl groups is 1. The van der Waals surface area contributed by atoms with Gasteiger partial charge in [-0.05, 0) is 55.1 Å². The fourth-order valence-electron chi connectivity index (χ4n) is 4.59. The summed E-state index contributed by atoms with van der Waals surface area (Å²) in [5.41, 5.74) is -4.14. The first-order valence-electron chi connectivity index (χ1n) is 12.1. The van der Waals surface area contributed by atoms with E-state index in [1.54, 1.807) is 47.7 Å². The number of hydrogen-bond acceptors (Lipinski definition) is 3. The minimum absolute atomic E-state index is 0.116. The molecular weight excluding hydrogens is 524 g/mol. The number of benzene rings is 2. The van der Waals surface area contributed by atoms with E-state index in [2.05, 4.69) is 4.90 Å². The maximum atomic E-state index is 13.3. The van der Waals surface area contributed by atoms with Crippen LogP contribution in [0.2, 0.25) is 0 Å². The number of likely N-dealkylation sites (N-methyl/N-ethyl adjacent to an activating group) is 1. The van der Waals surface area contributed by atoms with Gasteiger partial charge in [-0.3, -0.25) is 4.79 Å². The number of nitrogens with zero attached hydrogens (tertiary/aromatic N) is 3. The maximum absolute atomic E-state index is 13.3. The zero-order valence-corrected chi connectivity index (χ0v) is 21.2. The van der Waals surface area contributed by atoms with Crippen molar-refractivity contribution in [2.75, 3.05) is 26.7 Å². The maximum Gasteiger partial charge on any atom is 0.430 e. The SMILES string of the molecule is Cc1cc2cc(C(O)(C(F)(F)F)C(F)(F)F)ccc2n1Cc1cccc(C(=O)N(C)CCN2C=CC=CC2)c1. The molecule has 11 heteroatoms. The predicted octanol–water partition coefficient (Wildman–Crippen LogP) is 5.77. The van der Waals surface area contributed by atoms with Crippen molar-refractivity contribution in [1.82, 2.24) is 14.4 Å². The Bertz CT molecular complexity index is 1410. The number of amides is 1. The number of carbonyl (C=O) groups excluding carboxylic acids is 1. The Morgan fingerprint density at radius 3 is 2.36 bits per heavy atom. The third-order valence-corrected chi connectivity index (χ3v) is 6.81. The Kier molecular flexibility index (Phi) is 7.57. The number of allylic oxidation sites excluding steroid dienone is 2. The highest BCUT2D eigenvalue weighted by atomic mass is 19.4. The molecule has 1 amide bonds. The summed E-state index contributed by atoms with van der Waals surface area (Å²) in [7, 11) is 1.71. The normalized spacial score (nSPS) is 14.3. The first-order chi connectivity index (χ1) is 18.2. The smallest absolute Gasteiger partial charge is 0.372 e. The molecule has 0 saturated carbocycles. The Hall–Kier alpha value is -3.73. The first kappa shape index (κ1) is 28.3. The average Bonchev–Trinajstić information content (AvgIpc) is 3.19. The zero-order chi connectivity index (χ0) is 28.6. The van der Waals surface area contributed by atoms with Crippen molar-refractivity contribution in [2.45, 2.75) is 31.4 Å². The van der Waals surface area contributed by atoms with Gasteiger partial charge in [-0.2, -0.15) is 26.3 Å². The van der Waals surface area contributed by atoms with Crippen LogP contribution in [-0.2, 0) is 12.1 Å². The second kappa shape index (κ2) is 10.4. The molecule has 4 rings (SSSR count). The molecule has 2 aromatic carbocycles. The molecule has 3 aromatic rings. The van der Waals surface area contributed by atoms with Gasteiger partial charge in [0.25, 0.3) is 11.5 Å². The van der Waals surface area contributed by atoms with Crippen molar-refractivity contribution in [3.63, 3.8) is 0 Å². The fourth-order valence-corrected chi connectivity index (χ4v) is 4.59. The van der Waals surface area contributed by atoms with Crippen LogP contribution in [0.3, 0.4) is 0 Å². The monoisotopic (exact) mass is 551 g/mol. The third-order valence-electron chi connectivity index (χ3n) is 6.81. The first-order valence-corrected chi connectivity index (χ1v) is 12.1.